The molecule has 1 heterocycles. The standard InChI is InChI=1S/C23H26N4O3/c1-15(2)11-16-5-8-18(9-6-16)19-13-20(26-25-19)23(28)27-24-14-17-7-10-21(29-3)22(12-17)30-4/h5-10,12-15H,11H2,1-4H3,(H,25,26)(H,27,28)/b24-14-. The zero-order valence-electron chi connectivity index (χ0n) is 17.6. The summed E-state index contributed by atoms with van der Waals surface area (Å²) in [7, 11) is 3.14. The third-order valence-corrected chi connectivity index (χ3v) is 4.50. The molecule has 2 aromatic carbocycles. The minimum atomic E-state index is -0.373. The summed E-state index contributed by atoms with van der Waals surface area (Å²) in [6, 6.07) is 15.3. The lowest BCUT2D eigenvalue weighted by Gasteiger charge is -2.07. The Morgan fingerprint density at radius 3 is 2.50 bits per heavy atom. The molecule has 0 atom stereocenters. The average molecular weight is 406 g/mol. The first-order chi connectivity index (χ1) is 14.5. The lowest BCUT2D eigenvalue weighted by Crippen LogP contribution is -2.18. The van der Waals surface area contributed by atoms with E-state index in [9.17, 15) is 4.79 Å². The van der Waals surface area contributed by atoms with Crippen molar-refractivity contribution in [1.29, 1.82) is 0 Å². The molecule has 3 aromatic rings. The minimum absolute atomic E-state index is 0.334. The van der Waals surface area contributed by atoms with E-state index < -0.39 is 0 Å². The fourth-order valence-electron chi connectivity index (χ4n) is 3.03. The maximum absolute atomic E-state index is 12.3. The van der Waals surface area contributed by atoms with Gasteiger partial charge in [-0.15, -0.1) is 0 Å². The summed E-state index contributed by atoms with van der Waals surface area (Å²) >= 11 is 0. The first-order valence-electron chi connectivity index (χ1n) is 9.70. The van der Waals surface area contributed by atoms with Crippen LogP contribution in [0.1, 0.15) is 35.5 Å². The number of hydrogen-bond donors (Lipinski definition) is 2. The van der Waals surface area contributed by atoms with E-state index >= 15 is 0 Å². The number of amides is 1. The lowest BCUT2D eigenvalue weighted by atomic mass is 10.0. The van der Waals surface area contributed by atoms with Crippen molar-refractivity contribution in [2.24, 2.45) is 11.0 Å². The van der Waals surface area contributed by atoms with Crippen LogP contribution in [-0.2, 0) is 6.42 Å². The van der Waals surface area contributed by atoms with Crippen molar-refractivity contribution in [3.8, 4) is 22.8 Å². The molecule has 0 bridgehead atoms. The molecule has 7 heteroatoms. The first kappa shape index (κ1) is 21.1. The Morgan fingerprint density at radius 2 is 1.83 bits per heavy atom. The third kappa shape index (κ3) is 5.26. The summed E-state index contributed by atoms with van der Waals surface area (Å²) in [6.45, 7) is 4.39. The van der Waals surface area contributed by atoms with Gasteiger partial charge in [-0.1, -0.05) is 38.1 Å². The van der Waals surface area contributed by atoms with Gasteiger partial charge in [-0.25, -0.2) is 5.43 Å². The molecule has 3 rings (SSSR count). The molecule has 156 valence electrons. The van der Waals surface area contributed by atoms with Crippen molar-refractivity contribution < 1.29 is 14.3 Å². The van der Waals surface area contributed by atoms with Gasteiger partial charge < -0.3 is 9.47 Å². The summed E-state index contributed by atoms with van der Waals surface area (Å²) in [5.74, 6) is 1.45. The van der Waals surface area contributed by atoms with Gasteiger partial charge in [-0.05, 0) is 47.7 Å². The quantitative estimate of drug-likeness (QED) is 0.436. The highest BCUT2D eigenvalue weighted by Gasteiger charge is 2.11. The molecule has 30 heavy (non-hydrogen) atoms. The number of carbonyl (C=O) groups is 1. The van der Waals surface area contributed by atoms with Crippen LogP contribution in [0.15, 0.2) is 53.6 Å². The topological polar surface area (TPSA) is 88.6 Å². The van der Waals surface area contributed by atoms with Crippen molar-refractivity contribution in [3.05, 3.63) is 65.4 Å². The van der Waals surface area contributed by atoms with Crippen LogP contribution >= 0.6 is 0 Å². The molecule has 0 radical (unpaired) electrons. The number of methoxy groups -OCH3 is 2. The number of H-pyrrole nitrogens is 1. The van der Waals surface area contributed by atoms with Crippen molar-refractivity contribution >= 4 is 12.1 Å². The van der Waals surface area contributed by atoms with Gasteiger partial charge in [0.15, 0.2) is 11.5 Å². The molecule has 0 fully saturated rings. The van der Waals surface area contributed by atoms with Crippen molar-refractivity contribution in [3.63, 3.8) is 0 Å². The lowest BCUT2D eigenvalue weighted by molar-refractivity contribution is 0.0950. The maximum atomic E-state index is 12.3. The number of benzene rings is 2. The van der Waals surface area contributed by atoms with Crippen LogP contribution in [0.5, 0.6) is 11.5 Å². The van der Waals surface area contributed by atoms with Gasteiger partial charge in [0.1, 0.15) is 5.69 Å². The number of nitrogens with one attached hydrogen (secondary N) is 2. The van der Waals surface area contributed by atoms with E-state index in [0.717, 1.165) is 17.5 Å². The second-order valence-electron chi connectivity index (χ2n) is 7.28. The highest BCUT2D eigenvalue weighted by Crippen LogP contribution is 2.26. The van der Waals surface area contributed by atoms with Crippen LogP contribution in [0.2, 0.25) is 0 Å². The largest absolute Gasteiger partial charge is 0.493 e. The summed E-state index contributed by atoms with van der Waals surface area (Å²) in [5.41, 5.74) is 6.54. The normalized spacial score (nSPS) is 11.1. The number of hydrazone groups is 1. The summed E-state index contributed by atoms with van der Waals surface area (Å²) in [6.07, 6.45) is 2.57. The minimum Gasteiger partial charge on any atom is -0.493 e. The predicted octanol–water partition coefficient (Wildman–Crippen LogP) is 4.06. The van der Waals surface area contributed by atoms with Gasteiger partial charge in [-0.3, -0.25) is 9.89 Å². The zero-order valence-corrected chi connectivity index (χ0v) is 17.6. The Hall–Kier alpha value is -3.61. The van der Waals surface area contributed by atoms with Crippen molar-refractivity contribution in [1.82, 2.24) is 15.6 Å². The molecular weight excluding hydrogens is 380 g/mol. The molecule has 0 spiro atoms. The first-order valence-corrected chi connectivity index (χ1v) is 9.70. The maximum Gasteiger partial charge on any atom is 0.289 e. The van der Waals surface area contributed by atoms with Crippen LogP contribution < -0.4 is 14.9 Å². The SMILES string of the molecule is COc1ccc(/C=N\NC(=O)c2cc(-c3ccc(CC(C)C)cc3)n[nH]2)cc1OC. The van der Waals surface area contributed by atoms with Crippen LogP contribution in [0, 0.1) is 5.92 Å². The van der Waals surface area contributed by atoms with E-state index in [4.69, 9.17) is 9.47 Å². The van der Waals surface area contributed by atoms with Gasteiger partial charge in [-0.2, -0.15) is 10.2 Å². The molecule has 0 aliphatic heterocycles. The number of ether oxygens (including phenoxy) is 2. The highest BCUT2D eigenvalue weighted by atomic mass is 16.5. The summed E-state index contributed by atoms with van der Waals surface area (Å²) in [5, 5.41) is 11.0. The second-order valence-corrected chi connectivity index (χ2v) is 7.28. The van der Waals surface area contributed by atoms with Gasteiger partial charge in [0.2, 0.25) is 0 Å². The molecule has 1 amide bonds. The van der Waals surface area contributed by atoms with Crippen LogP contribution in [-0.4, -0.2) is 36.5 Å². The Morgan fingerprint density at radius 1 is 1.10 bits per heavy atom. The molecule has 0 saturated carbocycles. The second kappa shape index (κ2) is 9.73. The van der Waals surface area contributed by atoms with Crippen molar-refractivity contribution in [2.75, 3.05) is 14.2 Å². The van der Waals surface area contributed by atoms with Crippen LogP contribution in [0.25, 0.3) is 11.3 Å². The van der Waals surface area contributed by atoms with E-state index in [2.05, 4.69) is 46.7 Å². The fraction of sp³-hybridized carbons (Fsp3) is 0.261. The van der Waals surface area contributed by atoms with E-state index in [1.54, 1.807) is 32.4 Å². The Bertz CT molecular complexity index is 1020. The number of carbonyl (C=O) groups excluding carboxylic acids is 1. The summed E-state index contributed by atoms with van der Waals surface area (Å²) in [4.78, 5) is 12.3. The summed E-state index contributed by atoms with van der Waals surface area (Å²) < 4.78 is 10.5. The Kier molecular flexibility index (Phi) is 6.85. The molecule has 1 aromatic heterocycles. The van der Waals surface area contributed by atoms with Gasteiger partial charge in [0.05, 0.1) is 26.1 Å². The van der Waals surface area contributed by atoms with E-state index in [0.29, 0.717) is 28.8 Å². The monoisotopic (exact) mass is 406 g/mol. The number of rotatable bonds is 8. The smallest absolute Gasteiger partial charge is 0.289 e. The highest BCUT2D eigenvalue weighted by molar-refractivity contribution is 5.94. The number of nitrogens with zero attached hydrogens (tertiary/aromatic N) is 2. The molecule has 0 aliphatic rings. The van der Waals surface area contributed by atoms with Crippen LogP contribution in [0.3, 0.4) is 0 Å². The zero-order chi connectivity index (χ0) is 21.5. The molecule has 7 nitrogen and oxygen atoms in total. The molecule has 0 saturated heterocycles. The van der Waals surface area contributed by atoms with E-state index in [-0.39, 0.29) is 5.91 Å². The number of hydrogen-bond acceptors (Lipinski definition) is 5. The van der Waals surface area contributed by atoms with Crippen molar-refractivity contribution in [2.45, 2.75) is 20.3 Å². The third-order valence-electron chi connectivity index (χ3n) is 4.50. The fourth-order valence-corrected chi connectivity index (χ4v) is 3.03. The Balaban J connectivity index is 1.63. The predicted molar refractivity (Wildman–Crippen MR) is 117 cm³/mol. The average Bonchev–Trinajstić information content (AvgIpc) is 3.24. The molecular formula is C23H26N4O3. The van der Waals surface area contributed by atoms with Gasteiger partial charge in [0.25, 0.3) is 5.91 Å². The Labute approximate surface area is 176 Å². The van der Waals surface area contributed by atoms with Crippen LogP contribution in [0.4, 0.5) is 0 Å². The van der Waals surface area contributed by atoms with E-state index in [1.165, 1.54) is 11.8 Å². The molecule has 2 N–H and O–H groups in total. The van der Waals surface area contributed by atoms with E-state index in [1.807, 2.05) is 18.2 Å². The molecule has 0 unspecified atom stereocenters. The number of aromatic amines is 1. The molecule has 0 aliphatic carbocycles. The number of aromatic nitrogens is 2. The van der Waals surface area contributed by atoms with Gasteiger partial charge in [0, 0.05) is 5.56 Å². The van der Waals surface area contributed by atoms with Gasteiger partial charge >= 0.3 is 0 Å².